The van der Waals surface area contributed by atoms with Gasteiger partial charge in [-0.25, -0.2) is 9.97 Å². The van der Waals surface area contributed by atoms with Gasteiger partial charge in [-0.1, -0.05) is 30.9 Å². The van der Waals surface area contributed by atoms with E-state index in [1.165, 1.54) is 6.33 Å². The van der Waals surface area contributed by atoms with Gasteiger partial charge in [-0.05, 0) is 31.0 Å². The predicted molar refractivity (Wildman–Crippen MR) is 97.1 cm³/mol. The highest BCUT2D eigenvalue weighted by Gasteiger charge is 2.29. The van der Waals surface area contributed by atoms with E-state index in [2.05, 4.69) is 20.6 Å². The molecule has 1 heterocycles. The molecule has 3 rings (SSSR count). The van der Waals surface area contributed by atoms with Gasteiger partial charge in [-0.2, -0.15) is 0 Å². The monoisotopic (exact) mass is 360 g/mol. The van der Waals surface area contributed by atoms with Gasteiger partial charge in [-0.3, -0.25) is 4.79 Å². The molecule has 132 valence electrons. The van der Waals surface area contributed by atoms with Crippen molar-refractivity contribution in [1.29, 1.82) is 0 Å². The number of hydrogen-bond donors (Lipinski definition) is 3. The van der Waals surface area contributed by atoms with E-state index in [4.69, 9.17) is 11.6 Å². The second-order valence-corrected chi connectivity index (χ2v) is 6.82. The van der Waals surface area contributed by atoms with E-state index in [1.807, 2.05) is 0 Å². The lowest BCUT2D eigenvalue weighted by Crippen LogP contribution is -2.44. The highest BCUT2D eigenvalue weighted by Crippen LogP contribution is 2.28. The van der Waals surface area contributed by atoms with Gasteiger partial charge < -0.3 is 15.7 Å². The Morgan fingerprint density at radius 3 is 2.60 bits per heavy atom. The van der Waals surface area contributed by atoms with Gasteiger partial charge in [0, 0.05) is 12.2 Å². The number of aromatic nitrogens is 2. The molecule has 0 bridgehead atoms. The Morgan fingerprint density at radius 2 is 1.88 bits per heavy atom. The fourth-order valence-electron chi connectivity index (χ4n) is 3.03. The molecule has 0 aliphatic heterocycles. The third kappa shape index (κ3) is 4.67. The summed E-state index contributed by atoms with van der Waals surface area (Å²) in [6.45, 7) is 0.242. The number of nitrogens with zero attached hydrogens (tertiary/aromatic N) is 2. The smallest absolute Gasteiger partial charge is 0.252 e. The number of benzene rings is 1. The zero-order valence-corrected chi connectivity index (χ0v) is 14.6. The van der Waals surface area contributed by atoms with Crippen LogP contribution in [-0.4, -0.2) is 33.1 Å². The highest BCUT2D eigenvalue weighted by atomic mass is 35.5. The van der Waals surface area contributed by atoms with E-state index in [0.717, 1.165) is 32.1 Å². The lowest BCUT2D eigenvalue weighted by molar-refractivity contribution is 0.00526. The molecule has 0 saturated heterocycles. The van der Waals surface area contributed by atoms with Crippen LogP contribution >= 0.6 is 11.6 Å². The first-order chi connectivity index (χ1) is 12.1. The number of anilines is 2. The Balaban J connectivity index is 1.68. The van der Waals surface area contributed by atoms with Crippen LogP contribution in [0.3, 0.4) is 0 Å². The first kappa shape index (κ1) is 17.6. The molecule has 0 spiro atoms. The molecule has 1 saturated carbocycles. The predicted octanol–water partition coefficient (Wildman–Crippen LogP) is 3.30. The minimum absolute atomic E-state index is 0.242. The molecule has 1 aromatic heterocycles. The van der Waals surface area contributed by atoms with Crippen molar-refractivity contribution in [2.75, 3.05) is 11.9 Å². The van der Waals surface area contributed by atoms with Crippen molar-refractivity contribution in [1.82, 2.24) is 15.3 Å². The molecule has 1 aliphatic rings. The molecule has 0 radical (unpaired) electrons. The van der Waals surface area contributed by atoms with Crippen LogP contribution in [0.15, 0.2) is 36.9 Å². The molecule has 1 fully saturated rings. The lowest BCUT2D eigenvalue weighted by Gasteiger charge is -2.32. The summed E-state index contributed by atoms with van der Waals surface area (Å²) in [6, 6.07) is 5.12. The second kappa shape index (κ2) is 7.80. The van der Waals surface area contributed by atoms with Crippen molar-refractivity contribution >= 4 is 28.9 Å². The summed E-state index contributed by atoms with van der Waals surface area (Å²) in [7, 11) is 0. The van der Waals surface area contributed by atoms with Crippen molar-refractivity contribution in [3.63, 3.8) is 0 Å². The number of carbonyl (C=O) groups is 1. The zero-order chi connectivity index (χ0) is 17.7. The van der Waals surface area contributed by atoms with E-state index in [-0.39, 0.29) is 12.5 Å². The van der Waals surface area contributed by atoms with Crippen LogP contribution in [0.2, 0.25) is 5.02 Å². The van der Waals surface area contributed by atoms with Crippen LogP contribution in [0.4, 0.5) is 11.4 Å². The van der Waals surface area contributed by atoms with Crippen LogP contribution in [-0.2, 0) is 0 Å². The standard InChI is InChI=1S/C18H21ClN4O2/c19-16-5-4-13(23-14-9-20-12-21-10-14)8-15(16)17(24)22-11-18(25)6-2-1-3-7-18/h4-5,8-10,12,23,25H,1-3,6-7,11H2,(H,22,24). The van der Waals surface area contributed by atoms with Crippen LogP contribution in [0.25, 0.3) is 0 Å². The molecule has 1 aromatic carbocycles. The van der Waals surface area contributed by atoms with Gasteiger partial charge >= 0.3 is 0 Å². The SMILES string of the molecule is O=C(NCC1(O)CCCCC1)c1cc(Nc2cncnc2)ccc1Cl. The quantitative estimate of drug-likeness (QED) is 0.761. The number of carbonyl (C=O) groups excluding carboxylic acids is 1. The average Bonchev–Trinajstić information content (AvgIpc) is 2.63. The summed E-state index contributed by atoms with van der Waals surface area (Å²) in [5.41, 5.74) is 0.980. The molecule has 7 heteroatoms. The van der Waals surface area contributed by atoms with E-state index in [0.29, 0.717) is 22.0 Å². The van der Waals surface area contributed by atoms with E-state index >= 15 is 0 Å². The van der Waals surface area contributed by atoms with Gasteiger partial charge in [0.15, 0.2) is 0 Å². The van der Waals surface area contributed by atoms with Crippen LogP contribution in [0, 0.1) is 0 Å². The van der Waals surface area contributed by atoms with Crippen LogP contribution in [0.1, 0.15) is 42.5 Å². The van der Waals surface area contributed by atoms with Gasteiger partial charge in [-0.15, -0.1) is 0 Å². The summed E-state index contributed by atoms with van der Waals surface area (Å²) < 4.78 is 0. The third-order valence-corrected chi connectivity index (χ3v) is 4.75. The largest absolute Gasteiger partial charge is 0.388 e. The normalized spacial score (nSPS) is 16.2. The Morgan fingerprint density at radius 1 is 1.16 bits per heavy atom. The van der Waals surface area contributed by atoms with Gasteiger partial charge in [0.2, 0.25) is 0 Å². The summed E-state index contributed by atoms with van der Waals surface area (Å²) in [5.74, 6) is -0.294. The van der Waals surface area contributed by atoms with E-state index in [1.54, 1.807) is 30.6 Å². The Labute approximate surface area is 151 Å². The molecule has 0 atom stereocenters. The van der Waals surface area contributed by atoms with Gasteiger partial charge in [0.25, 0.3) is 5.91 Å². The van der Waals surface area contributed by atoms with Crippen molar-refractivity contribution < 1.29 is 9.90 Å². The van der Waals surface area contributed by atoms with Crippen molar-refractivity contribution in [3.05, 3.63) is 47.5 Å². The van der Waals surface area contributed by atoms with Crippen molar-refractivity contribution in [2.45, 2.75) is 37.7 Å². The topological polar surface area (TPSA) is 87.1 Å². The summed E-state index contributed by atoms with van der Waals surface area (Å²) >= 11 is 6.17. The fourth-order valence-corrected chi connectivity index (χ4v) is 3.24. The number of hydrogen-bond acceptors (Lipinski definition) is 5. The van der Waals surface area contributed by atoms with Gasteiger partial charge in [0.1, 0.15) is 6.33 Å². The Hall–Kier alpha value is -2.18. The van der Waals surface area contributed by atoms with Crippen molar-refractivity contribution in [2.24, 2.45) is 0 Å². The van der Waals surface area contributed by atoms with Crippen molar-refractivity contribution in [3.8, 4) is 0 Å². The number of halogens is 1. The number of amides is 1. The summed E-state index contributed by atoms with van der Waals surface area (Å²) in [5, 5.41) is 16.8. The maximum atomic E-state index is 12.5. The molecule has 2 aromatic rings. The lowest BCUT2D eigenvalue weighted by atomic mass is 9.85. The molecular formula is C18H21ClN4O2. The third-order valence-electron chi connectivity index (χ3n) is 4.42. The zero-order valence-electron chi connectivity index (χ0n) is 13.8. The number of aliphatic hydroxyl groups is 1. The maximum absolute atomic E-state index is 12.5. The average molecular weight is 361 g/mol. The van der Waals surface area contributed by atoms with Crippen LogP contribution in [0.5, 0.6) is 0 Å². The molecule has 25 heavy (non-hydrogen) atoms. The first-order valence-corrected chi connectivity index (χ1v) is 8.76. The number of rotatable bonds is 5. The maximum Gasteiger partial charge on any atom is 0.252 e. The molecule has 1 amide bonds. The van der Waals surface area contributed by atoms with E-state index in [9.17, 15) is 9.90 Å². The fraction of sp³-hybridized carbons (Fsp3) is 0.389. The Bertz CT molecular complexity index is 733. The minimum Gasteiger partial charge on any atom is -0.388 e. The second-order valence-electron chi connectivity index (χ2n) is 6.41. The Kier molecular flexibility index (Phi) is 5.50. The molecule has 0 unspecified atom stereocenters. The summed E-state index contributed by atoms with van der Waals surface area (Å²) in [4.78, 5) is 20.4. The van der Waals surface area contributed by atoms with Gasteiger partial charge in [0.05, 0.1) is 34.3 Å². The minimum atomic E-state index is -0.808. The first-order valence-electron chi connectivity index (χ1n) is 8.38. The van der Waals surface area contributed by atoms with Crippen LogP contribution < -0.4 is 10.6 Å². The highest BCUT2D eigenvalue weighted by molar-refractivity contribution is 6.34. The summed E-state index contributed by atoms with van der Waals surface area (Å²) in [6.07, 6.45) is 9.28. The van der Waals surface area contributed by atoms with E-state index < -0.39 is 5.60 Å². The molecular weight excluding hydrogens is 340 g/mol. The molecule has 3 N–H and O–H groups in total. The number of nitrogens with one attached hydrogen (secondary N) is 2. The molecule has 6 nitrogen and oxygen atoms in total. The molecule has 1 aliphatic carbocycles.